The predicted molar refractivity (Wildman–Crippen MR) is 92.2 cm³/mol. The Labute approximate surface area is 145 Å². The van der Waals surface area contributed by atoms with Gasteiger partial charge in [0.25, 0.3) is 0 Å². The van der Waals surface area contributed by atoms with E-state index in [2.05, 4.69) is 19.8 Å². The molecule has 8 nitrogen and oxygen atoms in total. The van der Waals surface area contributed by atoms with Crippen molar-refractivity contribution >= 4 is 17.7 Å². The fourth-order valence-corrected chi connectivity index (χ4v) is 4.33. The van der Waals surface area contributed by atoms with Gasteiger partial charge in [-0.3, -0.25) is 0 Å². The Hall–Kier alpha value is -2.48. The summed E-state index contributed by atoms with van der Waals surface area (Å²) >= 11 is 0. The Morgan fingerprint density at radius 1 is 1.08 bits per heavy atom. The van der Waals surface area contributed by atoms with Gasteiger partial charge in [-0.05, 0) is 18.8 Å². The molecule has 25 heavy (non-hydrogen) atoms. The molecule has 2 atom stereocenters. The van der Waals surface area contributed by atoms with Crippen molar-refractivity contribution in [3.63, 3.8) is 0 Å². The van der Waals surface area contributed by atoms with Gasteiger partial charge in [-0.2, -0.15) is 4.98 Å². The summed E-state index contributed by atoms with van der Waals surface area (Å²) in [4.78, 5) is 22.6. The van der Waals surface area contributed by atoms with Gasteiger partial charge in [-0.1, -0.05) is 0 Å². The minimum absolute atomic E-state index is 0.274. The summed E-state index contributed by atoms with van der Waals surface area (Å²) in [6, 6.07) is 3.10. The number of anilines is 3. The number of morpholine rings is 1. The van der Waals surface area contributed by atoms with E-state index in [9.17, 15) is 0 Å². The van der Waals surface area contributed by atoms with Crippen LogP contribution in [0, 0.1) is 5.92 Å². The number of hydrogen-bond acceptors (Lipinski definition) is 8. The van der Waals surface area contributed by atoms with E-state index >= 15 is 0 Å². The SMILES string of the molecule is Nc1ncc(-c2cc(N3CC4OCC43)nc(N3CC4CC3C4)n2)cn1. The van der Waals surface area contributed by atoms with Gasteiger partial charge >= 0.3 is 0 Å². The van der Waals surface area contributed by atoms with E-state index in [1.807, 2.05) is 6.07 Å². The third kappa shape index (κ3) is 1.97. The molecule has 0 spiro atoms. The summed E-state index contributed by atoms with van der Waals surface area (Å²) in [5.41, 5.74) is 7.35. The van der Waals surface area contributed by atoms with Gasteiger partial charge in [0.05, 0.1) is 24.4 Å². The van der Waals surface area contributed by atoms with Gasteiger partial charge in [-0.25, -0.2) is 15.0 Å². The van der Waals surface area contributed by atoms with Gasteiger partial charge in [0.1, 0.15) is 5.82 Å². The van der Waals surface area contributed by atoms with Gasteiger partial charge < -0.3 is 20.3 Å². The van der Waals surface area contributed by atoms with Crippen molar-refractivity contribution in [2.45, 2.75) is 31.0 Å². The van der Waals surface area contributed by atoms with Crippen LogP contribution in [-0.2, 0) is 4.74 Å². The number of nitrogens with two attached hydrogens (primary N) is 1. The molecule has 4 saturated heterocycles. The molecule has 2 N–H and O–H groups in total. The van der Waals surface area contributed by atoms with Crippen molar-refractivity contribution in [1.82, 2.24) is 19.9 Å². The van der Waals surface area contributed by atoms with Crippen LogP contribution in [0.1, 0.15) is 12.8 Å². The lowest BCUT2D eigenvalue weighted by Crippen LogP contribution is -2.71. The predicted octanol–water partition coefficient (Wildman–Crippen LogP) is 0.702. The van der Waals surface area contributed by atoms with E-state index in [0.29, 0.717) is 18.2 Å². The standard InChI is InChI=1S/C17H19N7O/c18-16-19-4-10(5-20-16)12-3-15(24-7-14-13(24)8-25-14)22-17(21-12)23-6-9-1-11(23)2-9/h3-5,9,11,13-14H,1-2,6-8H2,(H2,18,19,20). The Morgan fingerprint density at radius 2 is 1.92 bits per heavy atom. The topological polar surface area (TPSA) is 93.3 Å². The van der Waals surface area contributed by atoms with Crippen molar-refractivity contribution in [2.24, 2.45) is 5.92 Å². The molecule has 6 heterocycles. The molecule has 1 aliphatic carbocycles. The normalized spacial score (nSPS) is 31.8. The second kappa shape index (κ2) is 4.78. The number of aromatic nitrogens is 4. The van der Waals surface area contributed by atoms with Crippen LogP contribution in [0.25, 0.3) is 11.3 Å². The number of nitrogens with zero attached hydrogens (tertiary/aromatic N) is 6. The highest BCUT2D eigenvalue weighted by Gasteiger charge is 2.49. The lowest BCUT2D eigenvalue weighted by Gasteiger charge is -2.55. The molecule has 0 radical (unpaired) electrons. The van der Waals surface area contributed by atoms with E-state index in [1.54, 1.807) is 12.4 Å². The number of nitrogen functional groups attached to an aromatic ring is 1. The number of rotatable bonds is 3. The van der Waals surface area contributed by atoms with E-state index in [1.165, 1.54) is 12.8 Å². The molecule has 7 rings (SSSR count). The van der Waals surface area contributed by atoms with Crippen LogP contribution in [0.3, 0.4) is 0 Å². The van der Waals surface area contributed by atoms with Crippen LogP contribution in [-0.4, -0.2) is 57.8 Å². The lowest BCUT2D eigenvalue weighted by atomic mass is 9.86. The highest BCUT2D eigenvalue weighted by molar-refractivity contribution is 5.65. The van der Waals surface area contributed by atoms with Crippen molar-refractivity contribution in [2.75, 3.05) is 35.2 Å². The maximum Gasteiger partial charge on any atom is 0.228 e. The first kappa shape index (κ1) is 13.8. The lowest BCUT2D eigenvalue weighted by molar-refractivity contribution is -0.113. The van der Waals surface area contributed by atoms with Crippen molar-refractivity contribution < 1.29 is 4.74 Å². The average molecular weight is 337 g/mol. The van der Waals surface area contributed by atoms with Crippen molar-refractivity contribution in [3.05, 3.63) is 18.5 Å². The molecule has 128 valence electrons. The molecule has 4 aliphatic heterocycles. The Kier molecular flexibility index (Phi) is 2.64. The average Bonchev–Trinajstić information content (AvgIpc) is 3.18. The molecular weight excluding hydrogens is 318 g/mol. The minimum atomic E-state index is 0.274. The first-order valence-electron chi connectivity index (χ1n) is 8.86. The first-order chi connectivity index (χ1) is 12.2. The van der Waals surface area contributed by atoms with Gasteiger partial charge in [0.15, 0.2) is 0 Å². The second-order valence-electron chi connectivity index (χ2n) is 7.48. The van der Waals surface area contributed by atoms with Crippen molar-refractivity contribution in [1.29, 1.82) is 0 Å². The molecule has 2 aromatic rings. The number of ether oxygens (including phenoxy) is 1. The monoisotopic (exact) mass is 337 g/mol. The summed E-state index contributed by atoms with van der Waals surface area (Å²) in [7, 11) is 0. The molecule has 5 aliphatic rings. The van der Waals surface area contributed by atoms with Gasteiger partial charge in [0.2, 0.25) is 11.9 Å². The maximum absolute atomic E-state index is 5.62. The van der Waals surface area contributed by atoms with Crippen LogP contribution in [0.2, 0.25) is 0 Å². The van der Waals surface area contributed by atoms with Gasteiger partial charge in [-0.15, -0.1) is 0 Å². The summed E-state index contributed by atoms with van der Waals surface area (Å²) in [6.45, 7) is 2.77. The fourth-order valence-electron chi connectivity index (χ4n) is 4.33. The summed E-state index contributed by atoms with van der Waals surface area (Å²) in [5.74, 6) is 2.90. The van der Waals surface area contributed by atoms with E-state index in [-0.39, 0.29) is 5.95 Å². The zero-order valence-electron chi connectivity index (χ0n) is 13.7. The zero-order valence-corrected chi connectivity index (χ0v) is 13.7. The third-order valence-corrected chi connectivity index (χ3v) is 6.01. The fraction of sp³-hybridized carbons (Fsp3) is 0.529. The smallest absolute Gasteiger partial charge is 0.228 e. The molecular formula is C17H19N7O. The Balaban J connectivity index is 1.42. The summed E-state index contributed by atoms with van der Waals surface area (Å²) in [6.07, 6.45) is 6.38. The van der Waals surface area contributed by atoms with E-state index in [0.717, 1.165) is 48.6 Å². The first-order valence-corrected chi connectivity index (χ1v) is 8.86. The number of hydrogen-bond donors (Lipinski definition) is 1. The van der Waals surface area contributed by atoms with E-state index < -0.39 is 0 Å². The Bertz CT molecular complexity index is 835. The summed E-state index contributed by atoms with van der Waals surface area (Å²) in [5, 5.41) is 0. The minimum Gasteiger partial charge on any atom is -0.372 e. The Morgan fingerprint density at radius 3 is 2.52 bits per heavy atom. The summed E-state index contributed by atoms with van der Waals surface area (Å²) < 4.78 is 5.53. The molecule has 0 aromatic carbocycles. The molecule has 2 unspecified atom stereocenters. The van der Waals surface area contributed by atoms with E-state index in [4.69, 9.17) is 20.4 Å². The zero-order chi connectivity index (χ0) is 16.5. The highest BCUT2D eigenvalue weighted by Crippen LogP contribution is 2.43. The molecule has 0 amide bonds. The van der Waals surface area contributed by atoms with Gasteiger partial charge in [0, 0.05) is 43.2 Å². The molecule has 2 bridgehead atoms. The number of fused-ring (bicyclic) bond motifs is 2. The van der Waals surface area contributed by atoms with Crippen LogP contribution in [0.4, 0.5) is 17.7 Å². The van der Waals surface area contributed by atoms with Crippen LogP contribution in [0.5, 0.6) is 0 Å². The molecule has 8 heteroatoms. The largest absolute Gasteiger partial charge is 0.372 e. The van der Waals surface area contributed by atoms with Crippen LogP contribution in [0.15, 0.2) is 18.5 Å². The third-order valence-electron chi connectivity index (χ3n) is 6.01. The van der Waals surface area contributed by atoms with Crippen molar-refractivity contribution in [3.8, 4) is 11.3 Å². The molecule has 1 saturated carbocycles. The molecule has 5 fully saturated rings. The second-order valence-corrected chi connectivity index (χ2v) is 7.48. The maximum atomic E-state index is 5.62. The molecule has 2 aromatic heterocycles. The van der Waals surface area contributed by atoms with Crippen LogP contribution >= 0.6 is 0 Å². The quantitative estimate of drug-likeness (QED) is 0.875. The highest BCUT2D eigenvalue weighted by atomic mass is 16.5. The van der Waals surface area contributed by atoms with Crippen LogP contribution < -0.4 is 15.5 Å².